The van der Waals surface area contributed by atoms with Crippen molar-refractivity contribution in [3.8, 4) is 11.9 Å². The molecule has 2 aliphatic rings. The SMILES string of the molecule is [2H]C([2H])([2H])n1cc(Nc2ncc3cc(C#N)n([C@H]4COC[C@@H]4C)c3n2)c(O[C@H]2COC[C@@H]2O[Si](c2ccccc2)(c2ccccc2)C(C)(C)C)n1. The summed E-state index contributed by atoms with van der Waals surface area (Å²) in [7, 11) is -2.97. The van der Waals surface area contributed by atoms with Crippen molar-refractivity contribution in [2.45, 2.75) is 51.0 Å². The monoisotopic (exact) mass is 666 g/mol. The van der Waals surface area contributed by atoms with E-state index in [0.717, 1.165) is 15.1 Å². The van der Waals surface area contributed by atoms with Crippen LogP contribution in [0.5, 0.6) is 5.88 Å². The van der Waals surface area contributed by atoms with E-state index in [2.05, 4.69) is 73.4 Å². The molecule has 1 N–H and O–H groups in total. The molecule has 0 bridgehead atoms. The van der Waals surface area contributed by atoms with E-state index in [1.54, 1.807) is 12.3 Å². The number of benzene rings is 2. The van der Waals surface area contributed by atoms with Gasteiger partial charge in [-0.2, -0.15) is 10.2 Å². The molecule has 0 radical (unpaired) electrons. The first-order valence-electron chi connectivity index (χ1n) is 17.7. The molecule has 7 rings (SSSR count). The van der Waals surface area contributed by atoms with Gasteiger partial charge in [-0.25, -0.2) is 4.98 Å². The topological polar surface area (TPSA) is 121 Å². The molecular formula is C36H41N7O4Si. The number of nitrogens with zero attached hydrogens (tertiary/aromatic N) is 6. The van der Waals surface area contributed by atoms with E-state index in [0.29, 0.717) is 36.5 Å². The Balaban J connectivity index is 1.23. The third kappa shape index (κ3) is 5.77. The molecule has 4 atom stereocenters. The Hall–Kier alpha value is -4.54. The maximum Gasteiger partial charge on any atom is 0.261 e. The van der Waals surface area contributed by atoms with E-state index in [4.69, 9.17) is 27.7 Å². The zero-order valence-corrected chi connectivity index (χ0v) is 28.5. The quantitative estimate of drug-likeness (QED) is 0.223. The number of fused-ring (bicyclic) bond motifs is 1. The fraction of sp³-hybridized carbons (Fsp3) is 0.389. The molecule has 48 heavy (non-hydrogen) atoms. The lowest BCUT2D eigenvalue weighted by Crippen LogP contribution is -2.68. The van der Waals surface area contributed by atoms with E-state index in [-0.39, 0.29) is 41.1 Å². The smallest absolute Gasteiger partial charge is 0.261 e. The van der Waals surface area contributed by atoms with Crippen LogP contribution >= 0.6 is 0 Å². The maximum absolute atomic E-state index is 9.91. The molecule has 5 aromatic rings. The fourth-order valence-electron chi connectivity index (χ4n) is 6.92. The van der Waals surface area contributed by atoms with Crippen LogP contribution in [0.3, 0.4) is 0 Å². The summed E-state index contributed by atoms with van der Waals surface area (Å²) < 4.78 is 52.5. The molecule has 3 aromatic heterocycles. The highest BCUT2D eigenvalue weighted by Crippen LogP contribution is 2.39. The predicted molar refractivity (Wildman–Crippen MR) is 185 cm³/mol. The number of nitrogens with one attached hydrogen (secondary N) is 1. The number of aromatic nitrogens is 5. The van der Waals surface area contributed by atoms with Crippen LogP contribution in [0.1, 0.15) is 43.5 Å². The molecule has 2 saturated heterocycles. The Kier molecular flexibility index (Phi) is 7.60. The number of hydrogen-bond acceptors (Lipinski definition) is 9. The molecule has 0 amide bonds. The lowest BCUT2D eigenvalue weighted by molar-refractivity contribution is 0.0808. The fourth-order valence-corrected chi connectivity index (χ4v) is 11.6. The van der Waals surface area contributed by atoms with Crippen LogP contribution in [0.15, 0.2) is 79.1 Å². The Bertz CT molecular complexity index is 2000. The molecule has 0 aliphatic carbocycles. The predicted octanol–water partition coefficient (Wildman–Crippen LogP) is 4.71. The summed E-state index contributed by atoms with van der Waals surface area (Å²) in [6.07, 6.45) is 1.90. The number of aryl methyl sites for hydroxylation is 1. The molecular weight excluding hydrogens is 623 g/mol. The summed E-state index contributed by atoms with van der Waals surface area (Å²) >= 11 is 0. The standard InChI is InChI=1S/C36H41N7O4Si/c1-24-20-44-21-30(24)43-26(17-37)16-25-18-38-35(40-33(25)43)39-29-19-42(5)41-34(29)46-31-22-45-23-32(31)47-48(36(2,3)4,27-12-8-6-9-13-27)28-14-10-7-11-15-28/h6-16,18-19,24,30-32H,20-23H2,1-5H3,(H,38,39,40)/t24-,30-,31-,32-/m0/s1/i5D3. The summed E-state index contributed by atoms with van der Waals surface area (Å²) in [6, 6.07) is 24.6. The summed E-state index contributed by atoms with van der Waals surface area (Å²) in [5.74, 6) is 0.423. The van der Waals surface area contributed by atoms with Gasteiger partial charge < -0.3 is 28.5 Å². The summed E-state index contributed by atoms with van der Waals surface area (Å²) in [6.45, 7) is 7.69. The highest BCUT2D eigenvalue weighted by molar-refractivity contribution is 6.99. The Labute approximate surface area is 285 Å². The average molecular weight is 667 g/mol. The van der Waals surface area contributed by atoms with Gasteiger partial charge in [0.05, 0.1) is 38.7 Å². The second-order valence-corrected chi connectivity index (χ2v) is 17.7. The number of rotatable bonds is 9. The van der Waals surface area contributed by atoms with Crippen molar-refractivity contribution >= 4 is 41.4 Å². The molecule has 2 fully saturated rings. The van der Waals surface area contributed by atoms with Gasteiger partial charge in [0.2, 0.25) is 5.95 Å². The molecule has 0 unspecified atom stereocenters. The van der Waals surface area contributed by atoms with Gasteiger partial charge in [0.1, 0.15) is 29.2 Å². The van der Waals surface area contributed by atoms with Gasteiger partial charge in [0, 0.05) is 28.6 Å². The largest absolute Gasteiger partial charge is 0.467 e. The first-order chi connectivity index (χ1) is 24.4. The van der Waals surface area contributed by atoms with Gasteiger partial charge in [-0.05, 0) is 21.5 Å². The van der Waals surface area contributed by atoms with E-state index < -0.39 is 27.5 Å². The molecule has 2 aliphatic heterocycles. The van der Waals surface area contributed by atoms with Gasteiger partial charge in [-0.15, -0.1) is 5.10 Å². The van der Waals surface area contributed by atoms with Crippen LogP contribution in [0.2, 0.25) is 5.04 Å². The molecule has 11 nitrogen and oxygen atoms in total. The van der Waals surface area contributed by atoms with Crippen molar-refractivity contribution < 1.29 is 22.7 Å². The van der Waals surface area contributed by atoms with Crippen LogP contribution in [0.25, 0.3) is 11.0 Å². The third-order valence-electron chi connectivity index (χ3n) is 9.26. The van der Waals surface area contributed by atoms with Gasteiger partial charge in [-0.3, -0.25) is 4.68 Å². The van der Waals surface area contributed by atoms with Crippen LogP contribution in [-0.4, -0.2) is 71.3 Å². The number of nitriles is 1. The maximum atomic E-state index is 9.91. The first kappa shape index (κ1) is 28.5. The zero-order valence-electron chi connectivity index (χ0n) is 30.5. The lowest BCUT2D eigenvalue weighted by atomic mass is 10.1. The summed E-state index contributed by atoms with van der Waals surface area (Å²) in [4.78, 5) is 9.26. The zero-order chi connectivity index (χ0) is 36.0. The Morgan fingerprint density at radius 3 is 2.31 bits per heavy atom. The van der Waals surface area contributed by atoms with Crippen LogP contribution in [-0.2, 0) is 20.9 Å². The van der Waals surface area contributed by atoms with Gasteiger partial charge in [0.25, 0.3) is 14.2 Å². The van der Waals surface area contributed by atoms with Crippen LogP contribution < -0.4 is 20.4 Å². The average Bonchev–Trinajstić information content (AvgIpc) is 3.90. The second kappa shape index (κ2) is 12.8. The van der Waals surface area contributed by atoms with E-state index in [1.165, 1.54) is 6.20 Å². The molecule has 0 saturated carbocycles. The van der Waals surface area contributed by atoms with Gasteiger partial charge in [0.15, 0.2) is 6.10 Å². The highest BCUT2D eigenvalue weighted by Gasteiger charge is 2.53. The third-order valence-corrected chi connectivity index (χ3v) is 14.3. The Morgan fingerprint density at radius 1 is 1.00 bits per heavy atom. The Morgan fingerprint density at radius 2 is 1.69 bits per heavy atom. The second-order valence-electron chi connectivity index (χ2n) is 13.5. The molecule has 2 aromatic carbocycles. The summed E-state index contributed by atoms with van der Waals surface area (Å²) in [5, 5.41) is 20.1. The number of hydrogen-bond donors (Lipinski definition) is 1. The van der Waals surface area contributed by atoms with Gasteiger partial charge >= 0.3 is 0 Å². The van der Waals surface area contributed by atoms with Crippen molar-refractivity contribution in [2.75, 3.05) is 31.7 Å². The summed E-state index contributed by atoms with van der Waals surface area (Å²) in [5.41, 5.74) is 1.30. The molecule has 12 heteroatoms. The van der Waals surface area contributed by atoms with Crippen molar-refractivity contribution in [3.63, 3.8) is 0 Å². The van der Waals surface area contributed by atoms with Gasteiger partial charge in [-0.1, -0.05) is 88.4 Å². The number of ether oxygens (including phenoxy) is 3. The minimum absolute atomic E-state index is 0.0484. The van der Waals surface area contributed by atoms with Crippen molar-refractivity contribution in [2.24, 2.45) is 12.9 Å². The van der Waals surface area contributed by atoms with E-state index in [1.807, 2.05) is 41.0 Å². The van der Waals surface area contributed by atoms with Crippen LogP contribution in [0, 0.1) is 17.2 Å². The molecule has 5 heterocycles. The van der Waals surface area contributed by atoms with E-state index in [9.17, 15) is 5.26 Å². The highest BCUT2D eigenvalue weighted by atomic mass is 28.4. The molecule has 248 valence electrons. The minimum Gasteiger partial charge on any atom is -0.467 e. The minimum atomic E-state index is -2.97. The van der Waals surface area contributed by atoms with Crippen LogP contribution in [0.4, 0.5) is 11.6 Å². The van der Waals surface area contributed by atoms with Crippen molar-refractivity contribution in [1.29, 1.82) is 5.26 Å². The molecule has 0 spiro atoms. The normalized spacial score (nSPS) is 22.6. The van der Waals surface area contributed by atoms with Crippen molar-refractivity contribution in [3.05, 3.63) is 84.8 Å². The van der Waals surface area contributed by atoms with E-state index >= 15 is 0 Å². The van der Waals surface area contributed by atoms with Crippen molar-refractivity contribution in [1.82, 2.24) is 24.3 Å². The first-order valence-corrected chi connectivity index (χ1v) is 18.1. The lowest BCUT2D eigenvalue weighted by Gasteiger charge is -2.45. The number of anilines is 2.